The Labute approximate surface area is 164 Å². The van der Waals surface area contributed by atoms with Gasteiger partial charge < -0.3 is 19.4 Å². The van der Waals surface area contributed by atoms with E-state index in [1.807, 2.05) is 4.90 Å². The molecule has 0 aromatic heterocycles. The molecule has 1 aromatic rings. The number of halogens is 1. The van der Waals surface area contributed by atoms with Crippen LogP contribution >= 0.6 is 0 Å². The Hall–Kier alpha value is -2.64. The predicted molar refractivity (Wildman–Crippen MR) is 101 cm³/mol. The number of ether oxygens (including phenoxy) is 1. The van der Waals surface area contributed by atoms with Gasteiger partial charge >= 0.3 is 17.8 Å². The van der Waals surface area contributed by atoms with Crippen LogP contribution in [0.3, 0.4) is 0 Å². The Morgan fingerprint density at radius 1 is 0.964 bits per heavy atom. The van der Waals surface area contributed by atoms with Crippen LogP contribution in [0, 0.1) is 11.7 Å². The number of hydrogen-bond acceptors (Lipinski definition) is 5. The summed E-state index contributed by atoms with van der Waals surface area (Å²) in [5, 5.41) is 0. The fourth-order valence-corrected chi connectivity index (χ4v) is 3.71. The molecule has 2 saturated heterocycles. The molecular weight excluding hydrogens is 365 g/mol. The standard InChI is InChI=1S/C20H26FN3O4/c1-2-28-20(27)15-7-9-23(10-8-15)18(25)19(26)24-13-11-22(12-14-24)17-6-4-3-5-16(17)21/h3-6,15H,2,7-14H2,1H3. The minimum Gasteiger partial charge on any atom is -0.466 e. The van der Waals surface area contributed by atoms with E-state index in [4.69, 9.17) is 4.74 Å². The molecule has 3 rings (SSSR count). The lowest BCUT2D eigenvalue weighted by Gasteiger charge is -2.37. The number of rotatable bonds is 3. The molecule has 152 valence electrons. The van der Waals surface area contributed by atoms with Crippen LogP contribution in [-0.2, 0) is 19.1 Å². The number of para-hydroxylation sites is 1. The van der Waals surface area contributed by atoms with E-state index in [9.17, 15) is 18.8 Å². The van der Waals surface area contributed by atoms with Gasteiger partial charge in [0.1, 0.15) is 5.82 Å². The summed E-state index contributed by atoms with van der Waals surface area (Å²) in [6.45, 7) is 4.56. The average Bonchev–Trinajstić information content (AvgIpc) is 2.73. The molecule has 2 heterocycles. The van der Waals surface area contributed by atoms with E-state index in [0.717, 1.165) is 0 Å². The number of piperazine rings is 1. The van der Waals surface area contributed by atoms with Gasteiger partial charge in [-0.15, -0.1) is 0 Å². The molecule has 7 nitrogen and oxygen atoms in total. The minimum absolute atomic E-state index is 0.205. The number of benzene rings is 1. The number of hydrogen-bond donors (Lipinski definition) is 0. The molecule has 8 heteroatoms. The van der Waals surface area contributed by atoms with Crippen LogP contribution in [0.15, 0.2) is 24.3 Å². The van der Waals surface area contributed by atoms with Gasteiger partial charge in [-0.25, -0.2) is 4.39 Å². The Morgan fingerprint density at radius 2 is 1.54 bits per heavy atom. The van der Waals surface area contributed by atoms with Crippen molar-refractivity contribution in [3.8, 4) is 0 Å². The van der Waals surface area contributed by atoms with E-state index >= 15 is 0 Å². The van der Waals surface area contributed by atoms with Crippen LogP contribution in [0.4, 0.5) is 10.1 Å². The van der Waals surface area contributed by atoms with Gasteiger partial charge in [0.15, 0.2) is 0 Å². The Balaban J connectivity index is 1.49. The number of piperidine rings is 1. The topological polar surface area (TPSA) is 70.2 Å². The van der Waals surface area contributed by atoms with Crippen molar-refractivity contribution in [3.05, 3.63) is 30.1 Å². The molecular formula is C20H26FN3O4. The molecule has 0 unspecified atom stereocenters. The molecule has 0 spiro atoms. The van der Waals surface area contributed by atoms with Gasteiger partial charge in [-0.1, -0.05) is 12.1 Å². The summed E-state index contributed by atoms with van der Waals surface area (Å²) >= 11 is 0. The van der Waals surface area contributed by atoms with E-state index in [-0.39, 0.29) is 17.7 Å². The first-order chi connectivity index (χ1) is 13.5. The summed E-state index contributed by atoms with van der Waals surface area (Å²) in [5.74, 6) is -1.78. The van der Waals surface area contributed by atoms with Crippen molar-refractivity contribution in [3.63, 3.8) is 0 Å². The van der Waals surface area contributed by atoms with Crippen LogP contribution in [0.25, 0.3) is 0 Å². The number of esters is 1. The molecule has 2 aliphatic heterocycles. The zero-order valence-electron chi connectivity index (χ0n) is 16.1. The average molecular weight is 391 g/mol. The second kappa shape index (κ2) is 9.03. The van der Waals surface area contributed by atoms with Gasteiger partial charge in [-0.05, 0) is 31.9 Å². The smallest absolute Gasteiger partial charge is 0.312 e. The lowest BCUT2D eigenvalue weighted by Crippen LogP contribution is -2.54. The maximum absolute atomic E-state index is 13.9. The van der Waals surface area contributed by atoms with Gasteiger partial charge in [-0.2, -0.15) is 0 Å². The fraction of sp³-hybridized carbons (Fsp3) is 0.550. The molecule has 1 aromatic carbocycles. The first-order valence-corrected chi connectivity index (χ1v) is 9.75. The van der Waals surface area contributed by atoms with Crippen LogP contribution < -0.4 is 4.90 Å². The molecule has 0 radical (unpaired) electrons. The Morgan fingerprint density at radius 3 is 2.11 bits per heavy atom. The van der Waals surface area contributed by atoms with Crippen LogP contribution in [0.5, 0.6) is 0 Å². The number of amides is 2. The third kappa shape index (κ3) is 4.43. The van der Waals surface area contributed by atoms with Gasteiger partial charge in [0, 0.05) is 39.3 Å². The van der Waals surface area contributed by atoms with Crippen molar-refractivity contribution in [2.45, 2.75) is 19.8 Å². The summed E-state index contributed by atoms with van der Waals surface area (Å²) in [6.07, 6.45) is 1.03. The second-order valence-electron chi connectivity index (χ2n) is 7.05. The normalized spacial score (nSPS) is 18.1. The number of nitrogens with zero attached hydrogens (tertiary/aromatic N) is 3. The van der Waals surface area contributed by atoms with Crippen LogP contribution in [-0.4, -0.2) is 73.5 Å². The van der Waals surface area contributed by atoms with Crippen molar-refractivity contribution >= 4 is 23.5 Å². The van der Waals surface area contributed by atoms with Gasteiger partial charge in [0.2, 0.25) is 0 Å². The Kier molecular flexibility index (Phi) is 6.49. The van der Waals surface area contributed by atoms with Crippen LogP contribution in [0.2, 0.25) is 0 Å². The molecule has 0 atom stereocenters. The number of carbonyl (C=O) groups excluding carboxylic acids is 3. The highest BCUT2D eigenvalue weighted by molar-refractivity contribution is 6.35. The summed E-state index contributed by atoms with van der Waals surface area (Å²) in [4.78, 5) is 41.8. The van der Waals surface area contributed by atoms with Crippen molar-refractivity contribution in [2.24, 2.45) is 5.92 Å². The van der Waals surface area contributed by atoms with Gasteiger partial charge in [0.05, 0.1) is 18.2 Å². The number of likely N-dealkylation sites (tertiary alicyclic amines) is 1. The molecule has 0 aliphatic carbocycles. The van der Waals surface area contributed by atoms with Crippen molar-refractivity contribution in [2.75, 3.05) is 50.8 Å². The summed E-state index contributed by atoms with van der Waals surface area (Å²) < 4.78 is 18.9. The summed E-state index contributed by atoms with van der Waals surface area (Å²) in [5.41, 5.74) is 0.516. The van der Waals surface area contributed by atoms with Crippen molar-refractivity contribution in [1.29, 1.82) is 0 Å². The van der Waals surface area contributed by atoms with Gasteiger partial charge in [-0.3, -0.25) is 14.4 Å². The molecule has 28 heavy (non-hydrogen) atoms. The largest absolute Gasteiger partial charge is 0.466 e. The summed E-state index contributed by atoms with van der Waals surface area (Å²) in [7, 11) is 0. The highest BCUT2D eigenvalue weighted by Gasteiger charge is 2.34. The molecule has 0 saturated carbocycles. The Bertz CT molecular complexity index is 726. The zero-order chi connectivity index (χ0) is 20.1. The SMILES string of the molecule is CCOC(=O)C1CCN(C(=O)C(=O)N2CCN(c3ccccc3F)CC2)CC1. The van der Waals surface area contributed by atoms with Crippen molar-refractivity contribution in [1.82, 2.24) is 9.80 Å². The lowest BCUT2D eigenvalue weighted by atomic mass is 9.97. The third-order valence-corrected chi connectivity index (χ3v) is 5.35. The lowest BCUT2D eigenvalue weighted by molar-refractivity contribution is -0.155. The number of anilines is 1. The highest BCUT2D eigenvalue weighted by Crippen LogP contribution is 2.21. The van der Waals surface area contributed by atoms with E-state index in [1.54, 1.807) is 25.1 Å². The maximum atomic E-state index is 13.9. The van der Waals surface area contributed by atoms with E-state index in [1.165, 1.54) is 15.9 Å². The highest BCUT2D eigenvalue weighted by atomic mass is 19.1. The van der Waals surface area contributed by atoms with E-state index < -0.39 is 11.8 Å². The first kappa shape index (κ1) is 20.1. The van der Waals surface area contributed by atoms with E-state index in [2.05, 4.69) is 0 Å². The van der Waals surface area contributed by atoms with Gasteiger partial charge in [0.25, 0.3) is 0 Å². The maximum Gasteiger partial charge on any atom is 0.312 e. The molecule has 2 amide bonds. The predicted octanol–water partition coefficient (Wildman–Crippen LogP) is 1.28. The third-order valence-electron chi connectivity index (χ3n) is 5.35. The monoisotopic (exact) mass is 391 g/mol. The first-order valence-electron chi connectivity index (χ1n) is 9.75. The molecule has 2 fully saturated rings. The zero-order valence-corrected chi connectivity index (χ0v) is 16.1. The van der Waals surface area contributed by atoms with Crippen LogP contribution in [0.1, 0.15) is 19.8 Å². The molecule has 2 aliphatic rings. The fourth-order valence-electron chi connectivity index (χ4n) is 3.71. The number of carbonyl (C=O) groups is 3. The molecule has 0 N–H and O–H groups in total. The quantitative estimate of drug-likeness (QED) is 0.573. The minimum atomic E-state index is -0.526. The second-order valence-corrected chi connectivity index (χ2v) is 7.05. The molecule has 0 bridgehead atoms. The van der Waals surface area contributed by atoms with Crippen molar-refractivity contribution < 1.29 is 23.5 Å². The van der Waals surface area contributed by atoms with E-state index in [0.29, 0.717) is 64.4 Å². The summed E-state index contributed by atoms with van der Waals surface area (Å²) in [6, 6.07) is 6.55.